The molecule has 1 aliphatic heterocycles. The van der Waals surface area contributed by atoms with Gasteiger partial charge in [-0.3, -0.25) is 10.1 Å². The highest BCUT2D eigenvalue weighted by molar-refractivity contribution is 7.87. The van der Waals surface area contributed by atoms with Crippen molar-refractivity contribution < 1.29 is 13.3 Å². The van der Waals surface area contributed by atoms with Crippen LogP contribution < -0.4 is 0 Å². The molecular formula is C18H27N3O4S. The van der Waals surface area contributed by atoms with Crippen molar-refractivity contribution >= 4 is 22.0 Å². The Hall–Kier alpha value is -1.77. The zero-order valence-corrected chi connectivity index (χ0v) is 16.9. The Bertz CT molecular complexity index is 802. The molecule has 0 aromatic heterocycles. The van der Waals surface area contributed by atoms with Crippen LogP contribution in [0, 0.1) is 10.1 Å². The zero-order valence-electron chi connectivity index (χ0n) is 16.1. The van der Waals surface area contributed by atoms with Crippen LogP contribution in [-0.2, 0) is 10.2 Å². The molecule has 1 atom stereocenters. The second kappa shape index (κ2) is 6.75. The Morgan fingerprint density at radius 1 is 1.08 bits per heavy atom. The van der Waals surface area contributed by atoms with Crippen LogP contribution >= 0.6 is 0 Å². The van der Waals surface area contributed by atoms with E-state index >= 15 is 0 Å². The highest BCUT2D eigenvalue weighted by Gasteiger charge is 2.51. The van der Waals surface area contributed by atoms with E-state index in [1.54, 1.807) is 12.1 Å². The fourth-order valence-corrected chi connectivity index (χ4v) is 5.56. The molecule has 2 rings (SSSR count). The highest BCUT2D eigenvalue weighted by Crippen LogP contribution is 2.36. The summed E-state index contributed by atoms with van der Waals surface area (Å²) >= 11 is 0. The standard InChI is InChI=1S/C18H27N3O4S/c1-17(2,3)19-13-16(20(18(4,5)6)26(19,24)25)12-9-14-7-10-15(11-8-14)21(22)23/h7-12,16H,13H2,1-6H3/b12-9+. The van der Waals surface area contributed by atoms with Crippen LogP contribution in [0.4, 0.5) is 5.69 Å². The molecule has 1 saturated heterocycles. The Morgan fingerprint density at radius 3 is 2.04 bits per heavy atom. The van der Waals surface area contributed by atoms with Crippen LogP contribution in [0.1, 0.15) is 47.1 Å². The first-order valence-electron chi connectivity index (χ1n) is 8.49. The quantitative estimate of drug-likeness (QED) is 0.593. The Kier molecular flexibility index (Phi) is 5.34. The van der Waals surface area contributed by atoms with Crippen LogP contribution in [0.3, 0.4) is 0 Å². The monoisotopic (exact) mass is 381 g/mol. The maximum atomic E-state index is 13.1. The van der Waals surface area contributed by atoms with E-state index in [0.29, 0.717) is 6.54 Å². The van der Waals surface area contributed by atoms with Crippen molar-refractivity contribution in [3.63, 3.8) is 0 Å². The fraction of sp³-hybridized carbons (Fsp3) is 0.556. The first-order valence-corrected chi connectivity index (χ1v) is 9.89. The van der Waals surface area contributed by atoms with Crippen molar-refractivity contribution in [3.8, 4) is 0 Å². The SMILES string of the molecule is CC(C)(C)N1CC(/C=C/c2ccc([N+](=O)[O-])cc2)N(C(C)(C)C)S1(=O)=O. The summed E-state index contributed by atoms with van der Waals surface area (Å²) in [4.78, 5) is 10.3. The van der Waals surface area contributed by atoms with Crippen LogP contribution in [0.15, 0.2) is 30.3 Å². The molecule has 7 nitrogen and oxygen atoms in total. The first-order chi connectivity index (χ1) is 11.7. The molecule has 8 heteroatoms. The van der Waals surface area contributed by atoms with E-state index in [9.17, 15) is 18.5 Å². The zero-order chi connectivity index (χ0) is 19.9. The van der Waals surface area contributed by atoms with Crippen molar-refractivity contribution in [1.29, 1.82) is 0 Å². The van der Waals surface area contributed by atoms with E-state index in [0.717, 1.165) is 5.56 Å². The Morgan fingerprint density at radius 2 is 1.62 bits per heavy atom. The number of hydrogen-bond acceptors (Lipinski definition) is 4. The number of hydrogen-bond donors (Lipinski definition) is 0. The normalized spacial score (nSPS) is 22.2. The third kappa shape index (κ3) is 4.13. The average Bonchev–Trinajstić information content (AvgIpc) is 2.76. The van der Waals surface area contributed by atoms with E-state index in [-0.39, 0.29) is 11.7 Å². The average molecular weight is 381 g/mol. The van der Waals surface area contributed by atoms with Gasteiger partial charge >= 0.3 is 0 Å². The van der Waals surface area contributed by atoms with Crippen LogP contribution in [-0.4, -0.2) is 45.6 Å². The summed E-state index contributed by atoms with van der Waals surface area (Å²) in [6, 6.07) is 5.87. The molecule has 0 aliphatic carbocycles. The second-order valence-electron chi connectivity index (χ2n) is 8.45. The maximum Gasteiger partial charge on any atom is 0.283 e. The van der Waals surface area contributed by atoms with Crippen molar-refractivity contribution in [2.24, 2.45) is 0 Å². The lowest BCUT2D eigenvalue weighted by atomic mass is 10.0. The summed E-state index contributed by atoms with van der Waals surface area (Å²) in [5.41, 5.74) is -0.265. The van der Waals surface area contributed by atoms with E-state index in [2.05, 4.69) is 0 Å². The summed E-state index contributed by atoms with van der Waals surface area (Å²) in [5.74, 6) is 0. The summed E-state index contributed by atoms with van der Waals surface area (Å²) in [5, 5.41) is 10.7. The lowest BCUT2D eigenvalue weighted by Crippen LogP contribution is -2.50. The van der Waals surface area contributed by atoms with Crippen molar-refractivity contribution in [3.05, 3.63) is 46.0 Å². The number of nitrogens with zero attached hydrogens (tertiary/aromatic N) is 3. The van der Waals surface area contributed by atoms with Gasteiger partial charge in [-0.25, -0.2) is 0 Å². The maximum absolute atomic E-state index is 13.1. The third-order valence-electron chi connectivity index (χ3n) is 4.21. The molecule has 0 N–H and O–H groups in total. The van der Waals surface area contributed by atoms with Crippen LogP contribution in [0.5, 0.6) is 0 Å². The fourth-order valence-electron chi connectivity index (χ4n) is 3.15. The number of nitro groups is 1. The van der Waals surface area contributed by atoms with Gasteiger partial charge in [-0.05, 0) is 59.2 Å². The topological polar surface area (TPSA) is 83.8 Å². The van der Waals surface area contributed by atoms with Gasteiger partial charge < -0.3 is 0 Å². The largest absolute Gasteiger partial charge is 0.283 e. The van der Waals surface area contributed by atoms with Crippen LogP contribution in [0.2, 0.25) is 0 Å². The molecule has 1 unspecified atom stereocenters. The van der Waals surface area contributed by atoms with Crippen molar-refractivity contribution in [1.82, 2.24) is 8.61 Å². The van der Waals surface area contributed by atoms with Gasteiger partial charge in [0.15, 0.2) is 0 Å². The van der Waals surface area contributed by atoms with Gasteiger partial charge in [-0.15, -0.1) is 0 Å². The molecule has 1 aliphatic rings. The molecule has 1 aromatic rings. The van der Waals surface area contributed by atoms with Crippen molar-refractivity contribution in [2.45, 2.75) is 58.7 Å². The van der Waals surface area contributed by atoms with E-state index in [1.165, 1.54) is 20.7 Å². The third-order valence-corrected chi connectivity index (χ3v) is 6.77. The molecule has 1 heterocycles. The van der Waals surface area contributed by atoms with Gasteiger partial charge in [0, 0.05) is 29.8 Å². The molecule has 144 valence electrons. The smallest absolute Gasteiger partial charge is 0.258 e. The predicted octanol–water partition coefficient (Wildman–Crippen LogP) is 3.44. The molecule has 0 spiro atoms. The number of nitro benzene ring substituents is 1. The first kappa shape index (κ1) is 20.5. The molecular weight excluding hydrogens is 354 g/mol. The molecule has 0 radical (unpaired) electrons. The molecule has 0 amide bonds. The summed E-state index contributed by atoms with van der Waals surface area (Å²) in [6.45, 7) is 11.7. The Labute approximate surface area is 155 Å². The lowest BCUT2D eigenvalue weighted by molar-refractivity contribution is -0.384. The van der Waals surface area contributed by atoms with Gasteiger partial charge in [0.2, 0.25) is 0 Å². The van der Waals surface area contributed by atoms with Crippen LogP contribution in [0.25, 0.3) is 6.08 Å². The summed E-state index contributed by atoms with van der Waals surface area (Å²) in [6.07, 6.45) is 3.67. The van der Waals surface area contributed by atoms with Gasteiger partial charge in [0.25, 0.3) is 15.9 Å². The Balaban J connectivity index is 2.35. The summed E-state index contributed by atoms with van der Waals surface area (Å²) < 4.78 is 29.2. The number of rotatable bonds is 3. The minimum Gasteiger partial charge on any atom is -0.258 e. The van der Waals surface area contributed by atoms with Gasteiger partial charge in [0.1, 0.15) is 0 Å². The molecule has 0 bridgehead atoms. The lowest BCUT2D eigenvalue weighted by Gasteiger charge is -2.35. The minimum atomic E-state index is -3.59. The molecule has 26 heavy (non-hydrogen) atoms. The summed E-state index contributed by atoms with van der Waals surface area (Å²) in [7, 11) is -3.59. The molecule has 0 saturated carbocycles. The molecule has 1 fully saturated rings. The van der Waals surface area contributed by atoms with E-state index < -0.39 is 26.2 Å². The van der Waals surface area contributed by atoms with Gasteiger partial charge in [-0.2, -0.15) is 17.0 Å². The molecule has 1 aromatic carbocycles. The minimum absolute atomic E-state index is 0.0285. The van der Waals surface area contributed by atoms with Gasteiger partial charge in [-0.1, -0.05) is 12.2 Å². The van der Waals surface area contributed by atoms with E-state index in [1.807, 2.05) is 53.7 Å². The van der Waals surface area contributed by atoms with Gasteiger partial charge in [0.05, 0.1) is 11.0 Å². The predicted molar refractivity (Wildman–Crippen MR) is 103 cm³/mol. The number of non-ortho nitro benzene ring substituents is 1. The highest BCUT2D eigenvalue weighted by atomic mass is 32.2. The van der Waals surface area contributed by atoms with E-state index in [4.69, 9.17) is 0 Å². The second-order valence-corrected chi connectivity index (χ2v) is 10.2. The number of benzene rings is 1. The van der Waals surface area contributed by atoms with Crippen molar-refractivity contribution in [2.75, 3.05) is 6.54 Å².